The van der Waals surface area contributed by atoms with E-state index in [4.69, 9.17) is 10.5 Å². The summed E-state index contributed by atoms with van der Waals surface area (Å²) in [5, 5.41) is 3.96. The molecule has 0 aliphatic carbocycles. The van der Waals surface area contributed by atoms with Gasteiger partial charge in [0.2, 0.25) is 0 Å². The maximum atomic E-state index is 11.5. The maximum Gasteiger partial charge on any atom is 0.323 e. The van der Waals surface area contributed by atoms with Crippen LogP contribution in [0.4, 0.5) is 0 Å². The summed E-state index contributed by atoms with van der Waals surface area (Å²) < 4.78 is 5.19. The summed E-state index contributed by atoms with van der Waals surface area (Å²) in [6, 6.07) is 1.40. The van der Waals surface area contributed by atoms with Crippen molar-refractivity contribution < 1.29 is 9.53 Å². The molecule has 0 saturated carbocycles. The fourth-order valence-corrected chi connectivity index (χ4v) is 1.81. The van der Waals surface area contributed by atoms with Crippen molar-refractivity contribution in [3.63, 3.8) is 0 Å². The fraction of sp³-hybridized carbons (Fsp3) is 0.545. The third kappa shape index (κ3) is 4.44. The largest absolute Gasteiger partial charge is 0.459 e. The normalized spacial score (nSPS) is 13.6. The second kappa shape index (κ2) is 4.77. The third-order valence-corrected chi connectivity index (χ3v) is 2.48. The number of carbonyl (C=O) groups is 1. The van der Waals surface area contributed by atoms with E-state index in [1.54, 1.807) is 11.3 Å². The topological polar surface area (TPSA) is 52.3 Å². The van der Waals surface area contributed by atoms with E-state index in [1.807, 2.05) is 37.6 Å². The lowest BCUT2D eigenvalue weighted by Gasteiger charge is -2.21. The van der Waals surface area contributed by atoms with Crippen molar-refractivity contribution in [3.8, 4) is 0 Å². The van der Waals surface area contributed by atoms with E-state index in [9.17, 15) is 4.79 Å². The highest BCUT2D eigenvalue weighted by molar-refractivity contribution is 7.07. The van der Waals surface area contributed by atoms with Crippen LogP contribution in [0.2, 0.25) is 0 Å². The van der Waals surface area contributed by atoms with E-state index < -0.39 is 11.6 Å². The van der Waals surface area contributed by atoms with Crippen LogP contribution in [-0.2, 0) is 16.0 Å². The van der Waals surface area contributed by atoms with Crippen LogP contribution >= 0.6 is 11.3 Å². The van der Waals surface area contributed by atoms with E-state index in [2.05, 4.69) is 0 Å². The minimum atomic E-state index is -0.571. The van der Waals surface area contributed by atoms with Crippen LogP contribution in [0.3, 0.4) is 0 Å². The first-order valence-corrected chi connectivity index (χ1v) is 5.82. The molecule has 1 rings (SSSR count). The highest BCUT2D eigenvalue weighted by Gasteiger charge is 2.22. The highest BCUT2D eigenvalue weighted by Crippen LogP contribution is 2.12. The number of carbonyl (C=O) groups excluding carboxylic acids is 1. The minimum absolute atomic E-state index is 0.339. The Balaban J connectivity index is 2.47. The number of nitrogens with two attached hydrogens (primary N) is 1. The molecule has 0 fully saturated rings. The number of thiophene rings is 1. The first-order valence-electron chi connectivity index (χ1n) is 4.88. The second-order valence-corrected chi connectivity index (χ2v) is 5.26. The molecule has 0 aliphatic rings. The average Bonchev–Trinajstić information content (AvgIpc) is 2.53. The van der Waals surface area contributed by atoms with E-state index in [1.165, 1.54) is 0 Å². The van der Waals surface area contributed by atoms with Crippen LogP contribution in [0.5, 0.6) is 0 Å². The Morgan fingerprint density at radius 3 is 2.73 bits per heavy atom. The van der Waals surface area contributed by atoms with Gasteiger partial charge in [0.15, 0.2) is 0 Å². The molecule has 0 aliphatic heterocycles. The fourth-order valence-electron chi connectivity index (χ4n) is 1.12. The summed E-state index contributed by atoms with van der Waals surface area (Å²) in [6.45, 7) is 5.51. The van der Waals surface area contributed by atoms with Gasteiger partial charge in [0.05, 0.1) is 0 Å². The van der Waals surface area contributed by atoms with Gasteiger partial charge in [0, 0.05) is 0 Å². The van der Waals surface area contributed by atoms with Crippen LogP contribution in [0, 0.1) is 0 Å². The summed E-state index contributed by atoms with van der Waals surface area (Å²) in [7, 11) is 0. The zero-order valence-electron chi connectivity index (χ0n) is 9.32. The highest BCUT2D eigenvalue weighted by atomic mass is 32.1. The predicted molar refractivity (Wildman–Crippen MR) is 61.8 cm³/mol. The summed E-state index contributed by atoms with van der Waals surface area (Å²) in [5.41, 5.74) is 6.36. The number of esters is 1. The maximum absolute atomic E-state index is 11.5. The Kier molecular flexibility index (Phi) is 3.88. The van der Waals surface area contributed by atoms with Crippen molar-refractivity contribution in [2.24, 2.45) is 5.73 Å². The van der Waals surface area contributed by atoms with Crippen molar-refractivity contribution >= 4 is 17.3 Å². The summed E-state index contributed by atoms with van der Waals surface area (Å²) >= 11 is 1.60. The molecule has 1 aromatic heterocycles. The molecule has 4 heteroatoms. The number of ether oxygens (including phenoxy) is 1. The lowest BCUT2D eigenvalue weighted by molar-refractivity contribution is -0.156. The SMILES string of the molecule is CC(C)(C)OC(=O)C(N)Cc1ccsc1. The first kappa shape index (κ1) is 12.2. The Morgan fingerprint density at radius 1 is 1.60 bits per heavy atom. The standard InChI is InChI=1S/C11H17NO2S/c1-11(2,3)14-10(13)9(12)6-8-4-5-15-7-8/h4-5,7,9H,6,12H2,1-3H3. The van der Waals surface area contributed by atoms with Crippen LogP contribution in [-0.4, -0.2) is 17.6 Å². The van der Waals surface area contributed by atoms with Gasteiger partial charge >= 0.3 is 5.97 Å². The molecule has 0 bridgehead atoms. The Hall–Kier alpha value is -0.870. The van der Waals surface area contributed by atoms with Gasteiger partial charge in [-0.25, -0.2) is 0 Å². The van der Waals surface area contributed by atoms with E-state index in [-0.39, 0.29) is 5.97 Å². The molecule has 1 atom stereocenters. The van der Waals surface area contributed by atoms with Crippen LogP contribution < -0.4 is 5.73 Å². The molecule has 0 radical (unpaired) electrons. The third-order valence-electron chi connectivity index (χ3n) is 1.75. The molecule has 1 aromatic rings. The van der Waals surface area contributed by atoms with Crippen LogP contribution in [0.25, 0.3) is 0 Å². The lowest BCUT2D eigenvalue weighted by Crippen LogP contribution is -2.38. The van der Waals surface area contributed by atoms with Crippen LogP contribution in [0.1, 0.15) is 26.3 Å². The van der Waals surface area contributed by atoms with Gasteiger partial charge < -0.3 is 10.5 Å². The van der Waals surface area contributed by atoms with Crippen molar-refractivity contribution in [2.45, 2.75) is 38.8 Å². The van der Waals surface area contributed by atoms with Crippen molar-refractivity contribution in [1.29, 1.82) is 0 Å². The molecule has 3 nitrogen and oxygen atoms in total. The molecule has 0 saturated heterocycles. The second-order valence-electron chi connectivity index (χ2n) is 4.48. The lowest BCUT2D eigenvalue weighted by atomic mass is 10.1. The smallest absolute Gasteiger partial charge is 0.323 e. The van der Waals surface area contributed by atoms with Gasteiger partial charge in [-0.2, -0.15) is 11.3 Å². The van der Waals surface area contributed by atoms with Gasteiger partial charge in [-0.1, -0.05) is 0 Å². The van der Waals surface area contributed by atoms with Gasteiger partial charge in [0.1, 0.15) is 11.6 Å². The van der Waals surface area contributed by atoms with Crippen molar-refractivity contribution in [2.75, 3.05) is 0 Å². The zero-order valence-corrected chi connectivity index (χ0v) is 10.1. The summed E-state index contributed by atoms with van der Waals surface area (Å²) in [6.07, 6.45) is 0.540. The molecule has 1 heterocycles. The number of hydrogen-bond acceptors (Lipinski definition) is 4. The van der Waals surface area contributed by atoms with Crippen molar-refractivity contribution in [3.05, 3.63) is 22.4 Å². The summed E-state index contributed by atoms with van der Waals surface area (Å²) in [4.78, 5) is 11.5. The minimum Gasteiger partial charge on any atom is -0.459 e. The number of rotatable bonds is 3. The van der Waals surface area contributed by atoms with Crippen molar-refractivity contribution in [1.82, 2.24) is 0 Å². The van der Waals surface area contributed by atoms with Gasteiger partial charge in [-0.15, -0.1) is 0 Å². The molecule has 0 spiro atoms. The Bertz CT molecular complexity index is 314. The molecule has 84 valence electrons. The van der Waals surface area contributed by atoms with Gasteiger partial charge in [-0.05, 0) is 49.6 Å². The molecule has 15 heavy (non-hydrogen) atoms. The molecule has 0 amide bonds. The van der Waals surface area contributed by atoms with E-state index >= 15 is 0 Å². The van der Waals surface area contributed by atoms with Crippen LogP contribution in [0.15, 0.2) is 16.8 Å². The zero-order chi connectivity index (χ0) is 11.5. The molecular formula is C11H17NO2S. The predicted octanol–water partition coefficient (Wildman–Crippen LogP) is 1.96. The first-order chi connectivity index (χ1) is 6.88. The molecular weight excluding hydrogens is 210 g/mol. The van der Waals surface area contributed by atoms with Gasteiger partial charge in [-0.3, -0.25) is 4.79 Å². The number of hydrogen-bond donors (Lipinski definition) is 1. The quantitative estimate of drug-likeness (QED) is 0.803. The van der Waals surface area contributed by atoms with Gasteiger partial charge in [0.25, 0.3) is 0 Å². The average molecular weight is 227 g/mol. The molecule has 2 N–H and O–H groups in total. The summed E-state index contributed by atoms with van der Waals surface area (Å²) in [5.74, 6) is -0.339. The monoisotopic (exact) mass is 227 g/mol. The van der Waals surface area contributed by atoms with E-state index in [0.29, 0.717) is 6.42 Å². The van der Waals surface area contributed by atoms with E-state index in [0.717, 1.165) is 5.56 Å². The Morgan fingerprint density at radius 2 is 2.27 bits per heavy atom. The Labute approximate surface area is 94.2 Å². The molecule has 1 unspecified atom stereocenters. The molecule has 0 aromatic carbocycles.